The highest BCUT2D eigenvalue weighted by atomic mass is 32.2. The van der Waals surface area contributed by atoms with Gasteiger partial charge in [0.1, 0.15) is 0 Å². The Morgan fingerprint density at radius 3 is 2.53 bits per heavy atom. The molecule has 0 bridgehead atoms. The van der Waals surface area contributed by atoms with Gasteiger partial charge in [-0.15, -0.1) is 0 Å². The second kappa shape index (κ2) is 6.08. The number of nitrogens with zero attached hydrogens (tertiary/aromatic N) is 1. The van der Waals surface area contributed by atoms with Crippen LogP contribution >= 0.6 is 0 Å². The quantitative estimate of drug-likeness (QED) is 0.817. The SMILES string of the molecule is CC1CCCN(S(=O)(=O)NC2(CN)CCCCC2)C1. The molecule has 0 aromatic rings. The van der Waals surface area contributed by atoms with Crippen LogP contribution in [0.3, 0.4) is 0 Å². The summed E-state index contributed by atoms with van der Waals surface area (Å²) < 4.78 is 29.6. The highest BCUT2D eigenvalue weighted by Gasteiger charge is 2.37. The fraction of sp³-hybridized carbons (Fsp3) is 1.00. The monoisotopic (exact) mass is 289 g/mol. The zero-order valence-electron chi connectivity index (χ0n) is 11.9. The van der Waals surface area contributed by atoms with Crippen LogP contribution in [0.1, 0.15) is 51.9 Å². The maximum atomic E-state index is 12.5. The molecule has 1 saturated carbocycles. The largest absolute Gasteiger partial charge is 0.329 e. The van der Waals surface area contributed by atoms with Crippen molar-refractivity contribution < 1.29 is 8.42 Å². The summed E-state index contributed by atoms with van der Waals surface area (Å²) in [6, 6.07) is 0. The van der Waals surface area contributed by atoms with Crippen molar-refractivity contribution >= 4 is 10.2 Å². The molecule has 2 aliphatic rings. The van der Waals surface area contributed by atoms with Crippen molar-refractivity contribution in [3.05, 3.63) is 0 Å². The zero-order chi connectivity index (χ0) is 13.9. The van der Waals surface area contributed by atoms with Crippen molar-refractivity contribution in [1.82, 2.24) is 9.03 Å². The second-order valence-electron chi connectivity index (χ2n) is 6.26. The predicted molar refractivity (Wildman–Crippen MR) is 76.9 cm³/mol. The van der Waals surface area contributed by atoms with Gasteiger partial charge in [-0.25, -0.2) is 0 Å². The minimum absolute atomic E-state index is 0.398. The van der Waals surface area contributed by atoms with Crippen molar-refractivity contribution in [1.29, 1.82) is 0 Å². The minimum Gasteiger partial charge on any atom is -0.329 e. The van der Waals surface area contributed by atoms with Crippen molar-refractivity contribution in [2.24, 2.45) is 11.7 Å². The molecule has 1 unspecified atom stereocenters. The molecule has 1 heterocycles. The predicted octanol–water partition coefficient (Wildman–Crippen LogP) is 1.21. The molecule has 112 valence electrons. The lowest BCUT2D eigenvalue weighted by molar-refractivity contribution is 0.247. The third kappa shape index (κ3) is 3.68. The van der Waals surface area contributed by atoms with E-state index in [0.29, 0.717) is 25.6 Å². The lowest BCUT2D eigenvalue weighted by atomic mass is 9.83. The third-order valence-corrected chi connectivity index (χ3v) is 6.21. The molecule has 0 aromatic carbocycles. The molecule has 1 aliphatic carbocycles. The second-order valence-corrected chi connectivity index (χ2v) is 7.93. The Morgan fingerprint density at radius 1 is 1.26 bits per heavy atom. The molecule has 1 aliphatic heterocycles. The maximum Gasteiger partial charge on any atom is 0.280 e. The lowest BCUT2D eigenvalue weighted by Gasteiger charge is -2.39. The molecule has 1 atom stereocenters. The van der Waals surface area contributed by atoms with E-state index in [2.05, 4.69) is 11.6 Å². The van der Waals surface area contributed by atoms with E-state index in [1.165, 1.54) is 6.42 Å². The van der Waals surface area contributed by atoms with Crippen LogP contribution in [0.4, 0.5) is 0 Å². The van der Waals surface area contributed by atoms with Gasteiger partial charge in [0.15, 0.2) is 0 Å². The van der Waals surface area contributed by atoms with Gasteiger partial charge in [-0.1, -0.05) is 26.2 Å². The topological polar surface area (TPSA) is 75.4 Å². The Labute approximate surface area is 117 Å². The van der Waals surface area contributed by atoms with Gasteiger partial charge in [0.25, 0.3) is 10.2 Å². The summed E-state index contributed by atoms with van der Waals surface area (Å²) in [6.07, 6.45) is 7.13. The average molecular weight is 289 g/mol. The number of piperidine rings is 1. The molecule has 3 N–H and O–H groups in total. The molecule has 1 saturated heterocycles. The van der Waals surface area contributed by atoms with Crippen LogP contribution in [0.2, 0.25) is 0 Å². The number of nitrogens with two attached hydrogens (primary N) is 1. The molecule has 19 heavy (non-hydrogen) atoms. The van der Waals surface area contributed by atoms with Gasteiger partial charge in [-0.05, 0) is 31.6 Å². The molecule has 0 spiro atoms. The zero-order valence-corrected chi connectivity index (χ0v) is 12.7. The Balaban J connectivity index is 2.06. The first-order valence-electron chi connectivity index (χ1n) is 7.47. The third-order valence-electron chi connectivity index (χ3n) is 4.51. The van der Waals surface area contributed by atoms with Gasteiger partial charge >= 0.3 is 0 Å². The van der Waals surface area contributed by atoms with Crippen LogP contribution in [0.15, 0.2) is 0 Å². The fourth-order valence-corrected chi connectivity index (χ4v) is 5.06. The van der Waals surface area contributed by atoms with Crippen LogP contribution in [0.25, 0.3) is 0 Å². The summed E-state index contributed by atoms with van der Waals surface area (Å²) in [7, 11) is -3.38. The first-order chi connectivity index (χ1) is 8.97. The Hall–Kier alpha value is -0.170. The summed E-state index contributed by atoms with van der Waals surface area (Å²) >= 11 is 0. The molecular formula is C13H27N3O2S. The van der Waals surface area contributed by atoms with Crippen molar-refractivity contribution in [3.63, 3.8) is 0 Å². The van der Waals surface area contributed by atoms with E-state index in [-0.39, 0.29) is 0 Å². The lowest BCUT2D eigenvalue weighted by Crippen LogP contribution is -2.59. The standard InChI is InChI=1S/C13H27N3O2S/c1-12-6-5-9-16(10-12)19(17,18)15-13(11-14)7-3-2-4-8-13/h12,15H,2-11,14H2,1H3. The number of rotatable bonds is 4. The van der Waals surface area contributed by atoms with Crippen LogP contribution in [0, 0.1) is 5.92 Å². The first kappa shape index (κ1) is 15.2. The van der Waals surface area contributed by atoms with E-state index in [1.54, 1.807) is 4.31 Å². The normalized spacial score (nSPS) is 29.3. The minimum atomic E-state index is -3.38. The Kier molecular flexibility index (Phi) is 4.87. The van der Waals surface area contributed by atoms with Crippen LogP contribution < -0.4 is 10.5 Å². The fourth-order valence-electron chi connectivity index (χ4n) is 3.28. The van der Waals surface area contributed by atoms with E-state index in [0.717, 1.165) is 38.5 Å². The Morgan fingerprint density at radius 2 is 1.95 bits per heavy atom. The van der Waals surface area contributed by atoms with Crippen LogP contribution in [-0.4, -0.2) is 37.9 Å². The molecular weight excluding hydrogens is 262 g/mol. The van der Waals surface area contributed by atoms with E-state index in [4.69, 9.17) is 5.73 Å². The maximum absolute atomic E-state index is 12.5. The molecule has 6 heteroatoms. The van der Waals surface area contributed by atoms with E-state index < -0.39 is 15.7 Å². The van der Waals surface area contributed by atoms with Gasteiger partial charge in [0, 0.05) is 25.2 Å². The highest BCUT2D eigenvalue weighted by Crippen LogP contribution is 2.29. The molecule has 0 radical (unpaired) electrons. The van der Waals surface area contributed by atoms with Gasteiger partial charge < -0.3 is 5.73 Å². The smallest absolute Gasteiger partial charge is 0.280 e. The Bertz CT molecular complexity index is 391. The molecule has 2 fully saturated rings. The average Bonchev–Trinajstić information content (AvgIpc) is 2.39. The summed E-state index contributed by atoms with van der Waals surface area (Å²) in [5.74, 6) is 0.450. The summed E-state index contributed by atoms with van der Waals surface area (Å²) in [5.41, 5.74) is 5.45. The van der Waals surface area contributed by atoms with E-state index >= 15 is 0 Å². The van der Waals surface area contributed by atoms with Gasteiger partial charge in [-0.2, -0.15) is 17.4 Å². The van der Waals surface area contributed by atoms with Crippen molar-refractivity contribution in [2.75, 3.05) is 19.6 Å². The summed E-state index contributed by atoms with van der Waals surface area (Å²) in [4.78, 5) is 0. The number of nitrogens with one attached hydrogen (secondary N) is 1. The highest BCUT2D eigenvalue weighted by molar-refractivity contribution is 7.87. The van der Waals surface area contributed by atoms with Gasteiger partial charge in [0.05, 0.1) is 0 Å². The van der Waals surface area contributed by atoms with E-state index in [9.17, 15) is 8.42 Å². The van der Waals surface area contributed by atoms with Crippen molar-refractivity contribution in [2.45, 2.75) is 57.4 Å². The molecule has 0 amide bonds. The summed E-state index contributed by atoms with van der Waals surface area (Å²) in [5, 5.41) is 0. The van der Waals surface area contributed by atoms with Gasteiger partial charge in [0.2, 0.25) is 0 Å². The molecule has 5 nitrogen and oxygen atoms in total. The van der Waals surface area contributed by atoms with E-state index in [1.807, 2.05) is 0 Å². The molecule has 0 aromatic heterocycles. The van der Waals surface area contributed by atoms with Crippen LogP contribution in [0.5, 0.6) is 0 Å². The van der Waals surface area contributed by atoms with Gasteiger partial charge in [-0.3, -0.25) is 0 Å². The number of hydrogen-bond acceptors (Lipinski definition) is 3. The first-order valence-corrected chi connectivity index (χ1v) is 8.91. The van der Waals surface area contributed by atoms with Crippen LogP contribution in [-0.2, 0) is 10.2 Å². The molecule has 2 rings (SSSR count). The van der Waals surface area contributed by atoms with Crippen molar-refractivity contribution in [3.8, 4) is 0 Å². The summed E-state index contributed by atoms with van der Waals surface area (Å²) in [6.45, 7) is 3.78. The number of hydrogen-bond donors (Lipinski definition) is 2.